The highest BCUT2D eigenvalue weighted by Gasteiger charge is 2.29. The van der Waals surface area contributed by atoms with Crippen molar-refractivity contribution in [1.29, 1.82) is 0 Å². The average molecular weight is 280 g/mol. The fraction of sp³-hybridized carbons (Fsp3) is 0.533. The molecule has 0 saturated carbocycles. The molecule has 0 aliphatic heterocycles. The predicted octanol–water partition coefficient (Wildman–Crippen LogP) is 1.71. The molecule has 1 amide bonds. The van der Waals surface area contributed by atoms with Gasteiger partial charge in [0.05, 0.1) is 18.8 Å². The molecule has 1 aromatic rings. The van der Waals surface area contributed by atoms with Crippen molar-refractivity contribution >= 4 is 5.91 Å². The van der Waals surface area contributed by atoms with Gasteiger partial charge in [0.2, 0.25) is 5.91 Å². The van der Waals surface area contributed by atoms with E-state index in [1.807, 2.05) is 38.1 Å². The maximum absolute atomic E-state index is 11.5. The summed E-state index contributed by atoms with van der Waals surface area (Å²) in [4.78, 5) is 11.5. The Hall–Kier alpha value is -1.75. The number of primary amides is 1. The van der Waals surface area contributed by atoms with Crippen molar-refractivity contribution < 1.29 is 14.3 Å². The van der Waals surface area contributed by atoms with Gasteiger partial charge in [-0.3, -0.25) is 4.79 Å². The molecule has 0 aliphatic carbocycles. The third-order valence-corrected chi connectivity index (χ3v) is 3.12. The second-order valence-electron chi connectivity index (χ2n) is 4.70. The SMILES string of the molecule is CCNC(C)(CCOc1ccccc1OCC)C(N)=O. The molecule has 0 saturated heterocycles. The van der Waals surface area contributed by atoms with Crippen molar-refractivity contribution in [2.24, 2.45) is 5.73 Å². The van der Waals surface area contributed by atoms with Crippen LogP contribution in [0.1, 0.15) is 27.2 Å². The number of hydrogen-bond donors (Lipinski definition) is 2. The van der Waals surface area contributed by atoms with Crippen LogP contribution in [0.5, 0.6) is 11.5 Å². The molecule has 0 heterocycles. The second kappa shape index (κ2) is 7.75. The summed E-state index contributed by atoms with van der Waals surface area (Å²) in [5.41, 5.74) is 4.68. The molecule has 112 valence electrons. The molecule has 0 bridgehead atoms. The zero-order valence-electron chi connectivity index (χ0n) is 12.4. The first-order chi connectivity index (χ1) is 9.53. The van der Waals surface area contributed by atoms with Gasteiger partial charge >= 0.3 is 0 Å². The molecule has 0 aliphatic rings. The number of amides is 1. The lowest BCUT2D eigenvalue weighted by Crippen LogP contribution is -2.53. The molecular weight excluding hydrogens is 256 g/mol. The zero-order chi connectivity index (χ0) is 15.0. The fourth-order valence-corrected chi connectivity index (χ4v) is 1.90. The van der Waals surface area contributed by atoms with Crippen molar-refractivity contribution in [3.05, 3.63) is 24.3 Å². The summed E-state index contributed by atoms with van der Waals surface area (Å²) < 4.78 is 11.2. The number of ether oxygens (including phenoxy) is 2. The number of hydrogen-bond acceptors (Lipinski definition) is 4. The number of benzene rings is 1. The highest BCUT2D eigenvalue weighted by Crippen LogP contribution is 2.26. The third-order valence-electron chi connectivity index (χ3n) is 3.12. The molecule has 0 aromatic heterocycles. The summed E-state index contributed by atoms with van der Waals surface area (Å²) in [6, 6.07) is 7.48. The van der Waals surface area contributed by atoms with Gasteiger partial charge in [0, 0.05) is 6.42 Å². The van der Waals surface area contributed by atoms with Crippen LogP contribution in [0.2, 0.25) is 0 Å². The Morgan fingerprint density at radius 2 is 1.85 bits per heavy atom. The minimum Gasteiger partial charge on any atom is -0.490 e. The number of para-hydroxylation sites is 2. The normalized spacial score (nSPS) is 13.6. The lowest BCUT2D eigenvalue weighted by atomic mass is 9.97. The van der Waals surface area contributed by atoms with Crippen molar-refractivity contribution in [3.8, 4) is 11.5 Å². The third kappa shape index (κ3) is 4.42. The first-order valence-corrected chi connectivity index (χ1v) is 6.93. The molecule has 5 nitrogen and oxygen atoms in total. The molecule has 1 aromatic carbocycles. The van der Waals surface area contributed by atoms with Crippen LogP contribution >= 0.6 is 0 Å². The van der Waals surface area contributed by atoms with E-state index in [2.05, 4.69) is 5.32 Å². The molecule has 3 N–H and O–H groups in total. The van der Waals surface area contributed by atoms with Crippen LogP contribution in [-0.2, 0) is 4.79 Å². The van der Waals surface area contributed by atoms with E-state index in [0.29, 0.717) is 37.7 Å². The van der Waals surface area contributed by atoms with Crippen LogP contribution in [-0.4, -0.2) is 31.2 Å². The van der Waals surface area contributed by atoms with E-state index in [9.17, 15) is 4.79 Å². The minimum absolute atomic E-state index is 0.374. The van der Waals surface area contributed by atoms with Crippen molar-refractivity contribution in [3.63, 3.8) is 0 Å². The summed E-state index contributed by atoms with van der Waals surface area (Å²) in [6.07, 6.45) is 0.497. The number of likely N-dealkylation sites (N-methyl/N-ethyl adjacent to an activating group) is 1. The van der Waals surface area contributed by atoms with Crippen molar-refractivity contribution in [2.45, 2.75) is 32.7 Å². The molecule has 0 spiro atoms. The number of carbonyl (C=O) groups is 1. The zero-order valence-corrected chi connectivity index (χ0v) is 12.4. The van der Waals surface area contributed by atoms with Gasteiger partial charge in [-0.1, -0.05) is 19.1 Å². The van der Waals surface area contributed by atoms with Crippen LogP contribution in [0.4, 0.5) is 0 Å². The smallest absolute Gasteiger partial charge is 0.237 e. The van der Waals surface area contributed by atoms with Gasteiger partial charge in [-0.05, 0) is 32.5 Å². The molecule has 1 atom stereocenters. The van der Waals surface area contributed by atoms with Gasteiger partial charge in [-0.2, -0.15) is 0 Å². The summed E-state index contributed by atoms with van der Waals surface area (Å²) in [5.74, 6) is 1.01. The van der Waals surface area contributed by atoms with Gasteiger partial charge in [0.25, 0.3) is 0 Å². The van der Waals surface area contributed by atoms with E-state index in [1.165, 1.54) is 0 Å². The Labute approximate surface area is 120 Å². The quantitative estimate of drug-likeness (QED) is 0.722. The lowest BCUT2D eigenvalue weighted by Gasteiger charge is -2.27. The van der Waals surface area contributed by atoms with Crippen LogP contribution in [0.25, 0.3) is 0 Å². The molecule has 20 heavy (non-hydrogen) atoms. The predicted molar refractivity (Wildman–Crippen MR) is 79.0 cm³/mol. The number of nitrogens with one attached hydrogen (secondary N) is 1. The molecule has 1 rings (SSSR count). The Morgan fingerprint density at radius 1 is 1.25 bits per heavy atom. The van der Waals surface area contributed by atoms with Gasteiger partial charge in [0.15, 0.2) is 11.5 Å². The van der Waals surface area contributed by atoms with Crippen LogP contribution in [0.3, 0.4) is 0 Å². The highest BCUT2D eigenvalue weighted by atomic mass is 16.5. The molecule has 5 heteroatoms. The van der Waals surface area contributed by atoms with Gasteiger partial charge in [-0.15, -0.1) is 0 Å². The maximum atomic E-state index is 11.5. The van der Waals surface area contributed by atoms with Crippen molar-refractivity contribution in [1.82, 2.24) is 5.32 Å². The molecule has 0 radical (unpaired) electrons. The van der Waals surface area contributed by atoms with Gasteiger partial charge < -0.3 is 20.5 Å². The van der Waals surface area contributed by atoms with E-state index in [4.69, 9.17) is 15.2 Å². The summed E-state index contributed by atoms with van der Waals surface area (Å²) in [6.45, 7) is 7.29. The van der Waals surface area contributed by atoms with Gasteiger partial charge in [0.1, 0.15) is 0 Å². The van der Waals surface area contributed by atoms with Crippen molar-refractivity contribution in [2.75, 3.05) is 19.8 Å². The topological polar surface area (TPSA) is 73.6 Å². The Morgan fingerprint density at radius 3 is 2.35 bits per heavy atom. The first kappa shape index (κ1) is 16.3. The molecule has 1 unspecified atom stereocenters. The standard InChI is InChI=1S/C15H24N2O3/c1-4-17-15(3,14(16)18)10-11-20-13-9-7-6-8-12(13)19-5-2/h6-9,17H,4-5,10-11H2,1-3H3,(H2,16,18). The van der Waals surface area contributed by atoms with E-state index >= 15 is 0 Å². The average Bonchev–Trinajstić information content (AvgIpc) is 2.41. The van der Waals surface area contributed by atoms with Gasteiger partial charge in [-0.25, -0.2) is 0 Å². The second-order valence-corrected chi connectivity index (χ2v) is 4.70. The molecule has 0 fully saturated rings. The Bertz CT molecular complexity index is 437. The van der Waals surface area contributed by atoms with E-state index < -0.39 is 5.54 Å². The Balaban J connectivity index is 2.61. The number of nitrogens with two attached hydrogens (primary N) is 1. The Kier molecular flexibility index (Phi) is 6.31. The van der Waals surface area contributed by atoms with E-state index in [-0.39, 0.29) is 5.91 Å². The van der Waals surface area contributed by atoms with Crippen LogP contribution < -0.4 is 20.5 Å². The fourth-order valence-electron chi connectivity index (χ4n) is 1.90. The summed E-state index contributed by atoms with van der Waals surface area (Å²) in [7, 11) is 0. The monoisotopic (exact) mass is 280 g/mol. The number of rotatable bonds is 9. The molecular formula is C15H24N2O3. The maximum Gasteiger partial charge on any atom is 0.237 e. The lowest BCUT2D eigenvalue weighted by molar-refractivity contribution is -0.124. The van der Waals surface area contributed by atoms with E-state index in [1.54, 1.807) is 6.92 Å². The summed E-state index contributed by atoms with van der Waals surface area (Å²) >= 11 is 0. The van der Waals surface area contributed by atoms with Crippen LogP contribution in [0, 0.1) is 0 Å². The largest absolute Gasteiger partial charge is 0.490 e. The van der Waals surface area contributed by atoms with E-state index in [0.717, 1.165) is 0 Å². The highest BCUT2D eigenvalue weighted by molar-refractivity contribution is 5.84. The number of carbonyl (C=O) groups excluding carboxylic acids is 1. The summed E-state index contributed by atoms with van der Waals surface area (Å²) in [5, 5.41) is 3.10. The first-order valence-electron chi connectivity index (χ1n) is 6.93. The van der Waals surface area contributed by atoms with Crippen LogP contribution in [0.15, 0.2) is 24.3 Å². The minimum atomic E-state index is -0.755.